The summed E-state index contributed by atoms with van der Waals surface area (Å²) in [4.78, 5) is 19.5. The summed E-state index contributed by atoms with van der Waals surface area (Å²) in [6, 6.07) is 11.4. The maximum Gasteiger partial charge on any atom is 0.306 e. The second-order valence-electron chi connectivity index (χ2n) is 5.66. The fourth-order valence-corrected chi connectivity index (χ4v) is 2.75. The zero-order valence-electron chi connectivity index (χ0n) is 12.7. The molecule has 0 atom stereocenters. The van der Waals surface area contributed by atoms with Crippen molar-refractivity contribution in [2.75, 3.05) is 5.32 Å². The smallest absolute Gasteiger partial charge is 0.306 e. The summed E-state index contributed by atoms with van der Waals surface area (Å²) >= 11 is 0. The molecule has 0 saturated heterocycles. The van der Waals surface area contributed by atoms with Crippen molar-refractivity contribution < 1.29 is 14.6 Å². The van der Waals surface area contributed by atoms with Gasteiger partial charge in [0.15, 0.2) is 0 Å². The third-order valence-corrected chi connectivity index (χ3v) is 4.01. The number of carboxylic acids is 1. The van der Waals surface area contributed by atoms with Crippen LogP contribution in [0.15, 0.2) is 42.6 Å². The van der Waals surface area contributed by atoms with Crippen LogP contribution in [0.1, 0.15) is 25.7 Å². The first-order valence-electron chi connectivity index (χ1n) is 7.76. The van der Waals surface area contributed by atoms with Gasteiger partial charge in [-0.2, -0.15) is 4.98 Å². The predicted octanol–water partition coefficient (Wildman–Crippen LogP) is 3.32. The fourth-order valence-electron chi connectivity index (χ4n) is 2.75. The molecular formula is C17H19N3O3. The third-order valence-electron chi connectivity index (χ3n) is 4.01. The minimum absolute atomic E-state index is 0.206. The Bertz CT molecular complexity index is 655. The summed E-state index contributed by atoms with van der Waals surface area (Å²) in [6.45, 7) is 0. The van der Waals surface area contributed by atoms with E-state index in [0.717, 1.165) is 18.6 Å². The second kappa shape index (κ2) is 7.09. The largest absolute Gasteiger partial charge is 0.481 e. The predicted molar refractivity (Wildman–Crippen MR) is 85.6 cm³/mol. The van der Waals surface area contributed by atoms with Crippen LogP contribution in [0.25, 0.3) is 0 Å². The molecule has 2 N–H and O–H groups in total. The minimum atomic E-state index is -0.696. The molecule has 6 heteroatoms. The number of nitrogens with zero attached hydrogens (tertiary/aromatic N) is 2. The molecule has 1 heterocycles. The molecule has 23 heavy (non-hydrogen) atoms. The van der Waals surface area contributed by atoms with E-state index in [-0.39, 0.29) is 12.0 Å². The lowest BCUT2D eigenvalue weighted by molar-refractivity contribution is -0.142. The zero-order chi connectivity index (χ0) is 16.1. The number of ether oxygens (including phenoxy) is 1. The molecule has 6 nitrogen and oxygen atoms in total. The number of rotatable bonds is 5. The summed E-state index contributed by atoms with van der Waals surface area (Å²) in [7, 11) is 0. The summed E-state index contributed by atoms with van der Waals surface area (Å²) in [5.41, 5.74) is 0. The molecule has 2 aromatic rings. The van der Waals surface area contributed by atoms with E-state index in [1.807, 2.05) is 30.3 Å². The number of anilines is 1. The number of hydrogen-bond acceptors (Lipinski definition) is 5. The highest BCUT2D eigenvalue weighted by Crippen LogP contribution is 2.26. The average molecular weight is 313 g/mol. The Morgan fingerprint density at radius 1 is 1.13 bits per heavy atom. The number of aliphatic carboxylic acids is 1. The van der Waals surface area contributed by atoms with Gasteiger partial charge in [0.1, 0.15) is 5.75 Å². The minimum Gasteiger partial charge on any atom is -0.481 e. The van der Waals surface area contributed by atoms with Crippen molar-refractivity contribution in [1.82, 2.24) is 9.97 Å². The second-order valence-corrected chi connectivity index (χ2v) is 5.66. The molecule has 1 aromatic carbocycles. The lowest BCUT2D eigenvalue weighted by Crippen LogP contribution is -2.29. The van der Waals surface area contributed by atoms with E-state index in [9.17, 15) is 4.79 Å². The van der Waals surface area contributed by atoms with E-state index in [2.05, 4.69) is 15.3 Å². The SMILES string of the molecule is O=C(O)C1CCC(Nc2nccc(Oc3ccccc3)n2)CC1. The molecule has 1 aliphatic rings. The Morgan fingerprint density at radius 3 is 2.57 bits per heavy atom. The molecule has 0 aliphatic heterocycles. The first kappa shape index (κ1) is 15.3. The number of aromatic nitrogens is 2. The number of hydrogen-bond donors (Lipinski definition) is 2. The van der Waals surface area contributed by atoms with Crippen molar-refractivity contribution >= 4 is 11.9 Å². The van der Waals surface area contributed by atoms with Crippen molar-refractivity contribution in [2.24, 2.45) is 5.92 Å². The zero-order valence-corrected chi connectivity index (χ0v) is 12.7. The van der Waals surface area contributed by atoms with Gasteiger partial charge in [-0.05, 0) is 37.8 Å². The van der Waals surface area contributed by atoms with Crippen LogP contribution < -0.4 is 10.1 Å². The molecule has 1 aromatic heterocycles. The Labute approximate surface area is 134 Å². The highest BCUT2D eigenvalue weighted by Gasteiger charge is 2.26. The molecule has 120 valence electrons. The van der Waals surface area contributed by atoms with Crippen molar-refractivity contribution in [1.29, 1.82) is 0 Å². The first-order chi connectivity index (χ1) is 11.2. The van der Waals surface area contributed by atoms with E-state index in [1.54, 1.807) is 12.3 Å². The van der Waals surface area contributed by atoms with Gasteiger partial charge < -0.3 is 15.2 Å². The first-order valence-corrected chi connectivity index (χ1v) is 7.76. The third kappa shape index (κ3) is 4.18. The van der Waals surface area contributed by atoms with Crippen LogP contribution in [0.3, 0.4) is 0 Å². The van der Waals surface area contributed by atoms with E-state index in [0.29, 0.717) is 24.7 Å². The number of benzene rings is 1. The highest BCUT2D eigenvalue weighted by atomic mass is 16.5. The molecule has 3 rings (SSSR count). The maximum atomic E-state index is 11.0. The van der Waals surface area contributed by atoms with E-state index >= 15 is 0 Å². The Balaban J connectivity index is 1.59. The molecule has 1 aliphatic carbocycles. The molecule has 0 spiro atoms. The quantitative estimate of drug-likeness (QED) is 0.881. The summed E-state index contributed by atoms with van der Waals surface area (Å²) in [5, 5.41) is 12.3. The van der Waals surface area contributed by atoms with Gasteiger partial charge in [-0.1, -0.05) is 18.2 Å². The van der Waals surface area contributed by atoms with Gasteiger partial charge >= 0.3 is 5.97 Å². The van der Waals surface area contributed by atoms with Crippen LogP contribution in [-0.4, -0.2) is 27.1 Å². The normalized spacial score (nSPS) is 20.7. The average Bonchev–Trinajstić information content (AvgIpc) is 2.57. The highest BCUT2D eigenvalue weighted by molar-refractivity contribution is 5.70. The number of carbonyl (C=O) groups is 1. The molecule has 0 amide bonds. The van der Waals surface area contributed by atoms with Gasteiger partial charge in [0, 0.05) is 18.3 Å². The molecule has 1 fully saturated rings. The Kier molecular flexibility index (Phi) is 4.71. The van der Waals surface area contributed by atoms with E-state index in [4.69, 9.17) is 9.84 Å². The molecule has 0 bridgehead atoms. The van der Waals surface area contributed by atoms with Crippen LogP contribution in [0.2, 0.25) is 0 Å². The number of nitrogens with one attached hydrogen (secondary N) is 1. The Hall–Kier alpha value is -2.63. The van der Waals surface area contributed by atoms with Gasteiger partial charge in [-0.3, -0.25) is 4.79 Å². The van der Waals surface area contributed by atoms with Crippen LogP contribution in [0.4, 0.5) is 5.95 Å². The van der Waals surface area contributed by atoms with Gasteiger partial charge in [0.25, 0.3) is 0 Å². The molecule has 0 radical (unpaired) electrons. The van der Waals surface area contributed by atoms with Crippen LogP contribution >= 0.6 is 0 Å². The van der Waals surface area contributed by atoms with Crippen LogP contribution in [-0.2, 0) is 4.79 Å². The molecule has 1 saturated carbocycles. The van der Waals surface area contributed by atoms with Gasteiger partial charge in [-0.25, -0.2) is 4.98 Å². The lowest BCUT2D eigenvalue weighted by Gasteiger charge is -2.26. The monoisotopic (exact) mass is 313 g/mol. The summed E-state index contributed by atoms with van der Waals surface area (Å²) in [5.74, 6) is 0.795. The van der Waals surface area contributed by atoms with Crippen molar-refractivity contribution in [3.8, 4) is 11.6 Å². The van der Waals surface area contributed by atoms with Gasteiger partial charge in [0.2, 0.25) is 11.8 Å². The van der Waals surface area contributed by atoms with Crippen molar-refractivity contribution in [3.63, 3.8) is 0 Å². The van der Waals surface area contributed by atoms with E-state index < -0.39 is 5.97 Å². The number of para-hydroxylation sites is 1. The molecular weight excluding hydrogens is 294 g/mol. The van der Waals surface area contributed by atoms with Gasteiger partial charge in [0.05, 0.1) is 5.92 Å². The summed E-state index contributed by atoms with van der Waals surface area (Å²) < 4.78 is 5.69. The topological polar surface area (TPSA) is 84.3 Å². The van der Waals surface area contributed by atoms with Crippen molar-refractivity contribution in [3.05, 3.63) is 42.6 Å². The standard InChI is InChI=1S/C17H19N3O3/c21-16(22)12-6-8-13(9-7-12)19-17-18-11-10-15(20-17)23-14-4-2-1-3-5-14/h1-5,10-13H,6-9H2,(H,21,22)(H,18,19,20). The summed E-state index contributed by atoms with van der Waals surface area (Å²) in [6.07, 6.45) is 4.64. The maximum absolute atomic E-state index is 11.0. The van der Waals surface area contributed by atoms with Crippen LogP contribution in [0, 0.1) is 5.92 Å². The number of carboxylic acid groups (broad SMARTS) is 1. The van der Waals surface area contributed by atoms with Crippen LogP contribution in [0.5, 0.6) is 11.6 Å². The van der Waals surface area contributed by atoms with Crippen molar-refractivity contribution in [2.45, 2.75) is 31.7 Å². The Morgan fingerprint density at radius 2 is 1.87 bits per heavy atom. The lowest BCUT2D eigenvalue weighted by atomic mass is 9.86. The van der Waals surface area contributed by atoms with E-state index in [1.165, 1.54) is 0 Å². The fraction of sp³-hybridized carbons (Fsp3) is 0.353. The van der Waals surface area contributed by atoms with Gasteiger partial charge in [-0.15, -0.1) is 0 Å². The molecule has 0 unspecified atom stereocenters.